The Labute approximate surface area is 60.6 Å². The molecule has 0 aromatic heterocycles. The van der Waals surface area contributed by atoms with E-state index in [1.807, 2.05) is 19.3 Å². The molecule has 1 rings (SSSR count). The highest BCUT2D eigenvalue weighted by atomic mass is 15.0. The molecule has 0 saturated carbocycles. The van der Waals surface area contributed by atoms with E-state index in [9.17, 15) is 0 Å². The lowest BCUT2D eigenvalue weighted by Gasteiger charge is -2.17. The topological polar surface area (TPSA) is 36.8 Å². The Morgan fingerprint density at radius 2 is 2.50 bits per heavy atom. The van der Waals surface area contributed by atoms with Crippen LogP contribution in [0, 0.1) is 0 Å². The summed E-state index contributed by atoms with van der Waals surface area (Å²) in [6.45, 7) is 3.48. The molecule has 0 aliphatic carbocycles. The first-order valence-corrected chi connectivity index (χ1v) is 3.21. The van der Waals surface area contributed by atoms with Crippen molar-refractivity contribution in [2.24, 2.45) is 9.98 Å². The number of rotatable bonds is 2. The molecule has 2 atom stereocenters. The third-order valence-corrected chi connectivity index (χ3v) is 1.53. The van der Waals surface area contributed by atoms with Gasteiger partial charge in [-0.3, -0.25) is 9.98 Å². The average molecular weight is 137 g/mol. The zero-order chi connectivity index (χ0) is 7.40. The molecule has 1 N–H and O–H groups in total. The number of nitrogens with one attached hydrogen (secondary N) is 1. The Kier molecular flexibility index (Phi) is 2.34. The number of hydrogen-bond acceptors (Lipinski definition) is 3. The highest BCUT2D eigenvalue weighted by Crippen LogP contribution is 2.02. The lowest BCUT2D eigenvalue weighted by Crippen LogP contribution is -2.37. The molecule has 1 aliphatic rings. The Morgan fingerprint density at radius 3 is 3.00 bits per heavy atom. The molecule has 0 aromatic carbocycles. The summed E-state index contributed by atoms with van der Waals surface area (Å²) >= 11 is 0. The molecule has 1 aliphatic heterocycles. The summed E-state index contributed by atoms with van der Waals surface area (Å²) < 4.78 is 0. The van der Waals surface area contributed by atoms with Crippen LogP contribution in [0.15, 0.2) is 22.3 Å². The van der Waals surface area contributed by atoms with E-state index < -0.39 is 0 Å². The summed E-state index contributed by atoms with van der Waals surface area (Å²) in [4.78, 5) is 7.88. The molecule has 0 amide bonds. The molecule has 0 fully saturated rings. The predicted octanol–water partition coefficient (Wildman–Crippen LogP) is 0.242. The minimum absolute atomic E-state index is 0.141. The summed E-state index contributed by atoms with van der Waals surface area (Å²) in [5.74, 6) is 0. The highest BCUT2D eigenvalue weighted by molar-refractivity contribution is 5.68. The molecule has 10 heavy (non-hydrogen) atoms. The summed E-state index contributed by atoms with van der Waals surface area (Å²) in [5.41, 5.74) is 0. The molecule has 0 spiro atoms. The second kappa shape index (κ2) is 3.27. The van der Waals surface area contributed by atoms with Crippen LogP contribution in [-0.4, -0.2) is 32.1 Å². The molecule has 1 heterocycles. The summed E-state index contributed by atoms with van der Waals surface area (Å²) in [6, 6.07) is 0.352. The van der Waals surface area contributed by atoms with Gasteiger partial charge in [0.2, 0.25) is 0 Å². The van der Waals surface area contributed by atoms with Gasteiger partial charge in [0.25, 0.3) is 0 Å². The Hall–Kier alpha value is -0.960. The second-order valence-corrected chi connectivity index (χ2v) is 2.13. The summed E-state index contributed by atoms with van der Waals surface area (Å²) in [7, 11) is 1.88. The number of hydrogen-bond donors (Lipinski definition) is 1. The second-order valence-electron chi connectivity index (χ2n) is 2.13. The van der Waals surface area contributed by atoms with Gasteiger partial charge in [-0.25, -0.2) is 0 Å². The monoisotopic (exact) mass is 137 g/mol. The van der Waals surface area contributed by atoms with Crippen LogP contribution in [0.1, 0.15) is 0 Å². The molecule has 0 saturated heterocycles. The van der Waals surface area contributed by atoms with E-state index in [1.165, 1.54) is 0 Å². The van der Waals surface area contributed by atoms with Crippen LogP contribution in [0.3, 0.4) is 0 Å². The van der Waals surface area contributed by atoms with Gasteiger partial charge in [-0.05, 0) is 19.8 Å². The molecule has 0 bridgehead atoms. The smallest absolute Gasteiger partial charge is 0.0894 e. The van der Waals surface area contributed by atoms with Crippen molar-refractivity contribution in [1.29, 1.82) is 0 Å². The van der Waals surface area contributed by atoms with Crippen molar-refractivity contribution in [1.82, 2.24) is 5.32 Å². The third kappa shape index (κ3) is 1.30. The Morgan fingerprint density at radius 1 is 1.70 bits per heavy atom. The minimum Gasteiger partial charge on any atom is -0.310 e. The van der Waals surface area contributed by atoms with Gasteiger partial charge in [-0.15, -0.1) is 0 Å². The van der Waals surface area contributed by atoms with Crippen molar-refractivity contribution < 1.29 is 0 Å². The van der Waals surface area contributed by atoms with Crippen molar-refractivity contribution in [3.63, 3.8) is 0 Å². The Balaban J connectivity index is 2.63. The van der Waals surface area contributed by atoms with Crippen LogP contribution in [0.25, 0.3) is 0 Å². The van der Waals surface area contributed by atoms with Gasteiger partial charge >= 0.3 is 0 Å². The average Bonchev–Trinajstić information content (AvgIpc) is 2.04. The maximum absolute atomic E-state index is 3.97. The van der Waals surface area contributed by atoms with E-state index in [4.69, 9.17) is 0 Å². The maximum atomic E-state index is 3.97. The van der Waals surface area contributed by atoms with Crippen LogP contribution >= 0.6 is 0 Å². The summed E-state index contributed by atoms with van der Waals surface area (Å²) in [6.07, 6.45) is 5.50. The van der Waals surface area contributed by atoms with Crippen molar-refractivity contribution >= 4 is 12.9 Å². The van der Waals surface area contributed by atoms with E-state index in [0.29, 0.717) is 0 Å². The number of nitrogens with zero attached hydrogens (tertiary/aromatic N) is 2. The summed E-state index contributed by atoms with van der Waals surface area (Å²) in [5, 5.41) is 3.07. The van der Waals surface area contributed by atoms with E-state index >= 15 is 0 Å². The predicted molar refractivity (Wildman–Crippen MR) is 43.8 cm³/mol. The van der Waals surface area contributed by atoms with Crippen molar-refractivity contribution in [2.45, 2.75) is 12.1 Å². The van der Waals surface area contributed by atoms with Gasteiger partial charge in [-0.2, -0.15) is 0 Å². The van der Waals surface area contributed by atoms with E-state index in [1.54, 1.807) is 6.20 Å². The first-order chi connectivity index (χ1) is 4.88. The van der Waals surface area contributed by atoms with E-state index in [2.05, 4.69) is 22.0 Å². The minimum atomic E-state index is 0.141. The van der Waals surface area contributed by atoms with Gasteiger partial charge in [0.05, 0.1) is 12.1 Å². The van der Waals surface area contributed by atoms with E-state index in [-0.39, 0.29) is 12.1 Å². The Bertz CT molecular complexity index is 172. The lowest BCUT2D eigenvalue weighted by molar-refractivity contribution is 0.636. The van der Waals surface area contributed by atoms with Crippen LogP contribution in [0.5, 0.6) is 0 Å². The van der Waals surface area contributed by atoms with Gasteiger partial charge in [0.15, 0.2) is 0 Å². The van der Waals surface area contributed by atoms with Crippen molar-refractivity contribution in [3.05, 3.63) is 12.3 Å². The highest BCUT2D eigenvalue weighted by Gasteiger charge is 2.14. The van der Waals surface area contributed by atoms with Crippen LogP contribution < -0.4 is 5.32 Å². The molecule has 2 unspecified atom stereocenters. The van der Waals surface area contributed by atoms with Gasteiger partial charge in [-0.1, -0.05) is 0 Å². The molecule has 0 radical (unpaired) electrons. The molecule has 54 valence electrons. The fraction of sp³-hybridized carbons (Fsp3) is 0.429. The molecule has 3 nitrogen and oxygen atoms in total. The first-order valence-electron chi connectivity index (χ1n) is 3.21. The first kappa shape index (κ1) is 7.15. The fourth-order valence-corrected chi connectivity index (χ4v) is 0.908. The van der Waals surface area contributed by atoms with Crippen LogP contribution in [0.2, 0.25) is 0 Å². The normalized spacial score (nSPS) is 30.5. The van der Waals surface area contributed by atoms with Crippen LogP contribution in [0.4, 0.5) is 0 Å². The molecule has 0 aromatic rings. The maximum Gasteiger partial charge on any atom is 0.0894 e. The zero-order valence-corrected chi connectivity index (χ0v) is 5.99. The fourth-order valence-electron chi connectivity index (χ4n) is 0.908. The van der Waals surface area contributed by atoms with Crippen LogP contribution in [-0.2, 0) is 0 Å². The lowest BCUT2D eigenvalue weighted by atomic mass is 10.1. The van der Waals surface area contributed by atoms with Crippen molar-refractivity contribution in [2.75, 3.05) is 7.05 Å². The third-order valence-electron chi connectivity index (χ3n) is 1.53. The molecule has 3 heteroatoms. The largest absolute Gasteiger partial charge is 0.310 e. The zero-order valence-electron chi connectivity index (χ0n) is 5.99. The van der Waals surface area contributed by atoms with Gasteiger partial charge < -0.3 is 5.32 Å². The standard InChI is InChI=1S/C7H11N3/c1-8-6-3-4-10-5-7(6)9-2/h3-7,9H,1H2,2H3. The van der Waals surface area contributed by atoms with Gasteiger partial charge in [0.1, 0.15) is 0 Å². The SMILES string of the molecule is C=NC1C=CN=CC1NC. The number of likely N-dealkylation sites (N-methyl/N-ethyl adjacent to an activating group) is 1. The van der Waals surface area contributed by atoms with E-state index in [0.717, 1.165) is 0 Å². The van der Waals surface area contributed by atoms with Crippen molar-refractivity contribution in [3.8, 4) is 0 Å². The van der Waals surface area contributed by atoms with Gasteiger partial charge in [0, 0.05) is 12.4 Å². The number of aliphatic imine (C=N–C) groups is 2. The molecular weight excluding hydrogens is 126 g/mol. The quantitative estimate of drug-likeness (QED) is 0.544. The molecular formula is C7H11N3.